The Morgan fingerprint density at radius 1 is 1.26 bits per heavy atom. The molecule has 0 aliphatic carbocycles. The average molecular weight is 459 g/mol. The fourth-order valence-corrected chi connectivity index (χ4v) is 4.97. The van der Waals surface area contributed by atoms with Crippen molar-refractivity contribution in [3.05, 3.63) is 58.6 Å². The van der Waals surface area contributed by atoms with Crippen LogP contribution in [0.15, 0.2) is 52.4 Å². The van der Waals surface area contributed by atoms with Gasteiger partial charge in [0.05, 0.1) is 39.5 Å². The zero-order valence-electron chi connectivity index (χ0n) is 16.8. The number of amides is 1. The van der Waals surface area contributed by atoms with Crippen LogP contribution in [0.2, 0.25) is 0 Å². The Morgan fingerprint density at radius 2 is 2.06 bits per heavy atom. The second-order valence-electron chi connectivity index (χ2n) is 6.86. The molecular weight excluding hydrogens is 439 g/mol. The summed E-state index contributed by atoms with van der Waals surface area (Å²) in [6, 6.07) is 11.1. The van der Waals surface area contributed by atoms with E-state index >= 15 is 0 Å². The monoisotopic (exact) mass is 458 g/mol. The van der Waals surface area contributed by atoms with Gasteiger partial charge in [-0.3, -0.25) is 14.2 Å². The zero-order chi connectivity index (χ0) is 22.0. The van der Waals surface area contributed by atoms with Crippen molar-refractivity contribution in [1.29, 1.82) is 0 Å². The third kappa shape index (κ3) is 4.60. The number of para-hydroxylation sites is 1. The highest BCUT2D eigenvalue weighted by molar-refractivity contribution is 7.99. The quantitative estimate of drug-likeness (QED) is 0.332. The van der Waals surface area contributed by atoms with E-state index in [-0.39, 0.29) is 29.1 Å². The van der Waals surface area contributed by atoms with E-state index in [4.69, 9.17) is 4.74 Å². The van der Waals surface area contributed by atoms with E-state index in [1.54, 1.807) is 35.9 Å². The number of hydrogen-bond donors (Lipinski definition) is 1. The Bertz CT molecular complexity index is 1320. The predicted molar refractivity (Wildman–Crippen MR) is 122 cm³/mol. The summed E-state index contributed by atoms with van der Waals surface area (Å²) in [6.07, 6.45) is 0. The van der Waals surface area contributed by atoms with Crippen molar-refractivity contribution < 1.29 is 13.9 Å². The molecule has 7 nitrogen and oxygen atoms in total. The lowest BCUT2D eigenvalue weighted by Gasteiger charge is -2.18. The Morgan fingerprint density at radius 3 is 2.87 bits per heavy atom. The van der Waals surface area contributed by atoms with Gasteiger partial charge in [0.15, 0.2) is 10.3 Å². The zero-order valence-corrected chi connectivity index (χ0v) is 18.4. The highest BCUT2D eigenvalue weighted by atomic mass is 32.2. The Balaban J connectivity index is 1.56. The lowest BCUT2D eigenvalue weighted by molar-refractivity contribution is -0.113. The number of benzene rings is 2. The van der Waals surface area contributed by atoms with E-state index in [1.807, 2.05) is 13.0 Å². The number of thioether (sulfide) groups is 1. The Labute approximate surface area is 185 Å². The molecule has 0 bridgehead atoms. The maximum atomic E-state index is 13.4. The van der Waals surface area contributed by atoms with E-state index in [2.05, 4.69) is 15.3 Å². The number of halogens is 1. The van der Waals surface area contributed by atoms with Crippen LogP contribution in [-0.2, 0) is 9.53 Å². The summed E-state index contributed by atoms with van der Waals surface area (Å²) in [6.45, 7) is 2.20. The molecule has 0 unspecified atom stereocenters. The van der Waals surface area contributed by atoms with E-state index in [1.165, 1.54) is 35.2 Å². The molecule has 4 aromatic rings. The van der Waals surface area contributed by atoms with Crippen LogP contribution < -0.4 is 10.9 Å². The minimum atomic E-state index is -0.352. The molecule has 160 valence electrons. The van der Waals surface area contributed by atoms with E-state index in [0.717, 1.165) is 0 Å². The highest BCUT2D eigenvalue weighted by Crippen LogP contribution is 2.27. The average Bonchev–Trinajstić information content (AvgIpc) is 3.13. The highest BCUT2D eigenvalue weighted by Gasteiger charge is 2.18. The number of aromatic nitrogens is 3. The molecule has 1 amide bonds. The fourth-order valence-electron chi connectivity index (χ4n) is 3.17. The molecule has 31 heavy (non-hydrogen) atoms. The van der Waals surface area contributed by atoms with E-state index in [0.29, 0.717) is 38.0 Å². The molecular formula is C21H19FN4O3S2. The number of fused-ring (bicyclic) bond motifs is 2. The van der Waals surface area contributed by atoms with Crippen LogP contribution in [-0.4, -0.2) is 39.9 Å². The number of ether oxygens (including phenoxy) is 1. The Kier molecular flexibility index (Phi) is 6.30. The SMILES string of the molecule is COC[C@@H](C)n1c(SCC(=O)Nc2nc3ccc(F)cc3s2)nc2ccccc2c1=O. The normalized spacial score (nSPS) is 12.4. The first-order valence-corrected chi connectivity index (χ1v) is 11.3. The summed E-state index contributed by atoms with van der Waals surface area (Å²) in [5, 5.41) is 4.08. The molecule has 1 atom stereocenters. The summed E-state index contributed by atoms with van der Waals surface area (Å²) >= 11 is 2.37. The number of nitrogens with one attached hydrogen (secondary N) is 1. The predicted octanol–water partition coefficient (Wildman–Crippen LogP) is 4.08. The third-order valence-electron chi connectivity index (χ3n) is 4.55. The van der Waals surface area contributed by atoms with E-state index in [9.17, 15) is 14.0 Å². The van der Waals surface area contributed by atoms with Gasteiger partial charge in [0.2, 0.25) is 5.91 Å². The molecule has 0 aliphatic heterocycles. The van der Waals surface area contributed by atoms with Gasteiger partial charge in [-0.15, -0.1) is 0 Å². The molecule has 0 spiro atoms. The summed E-state index contributed by atoms with van der Waals surface area (Å²) in [4.78, 5) is 34.4. The van der Waals surface area contributed by atoms with Crippen LogP contribution in [0.3, 0.4) is 0 Å². The van der Waals surface area contributed by atoms with Gasteiger partial charge in [-0.25, -0.2) is 14.4 Å². The lowest BCUT2D eigenvalue weighted by atomic mass is 10.2. The summed E-state index contributed by atoms with van der Waals surface area (Å²) in [7, 11) is 1.57. The maximum absolute atomic E-state index is 13.4. The van der Waals surface area contributed by atoms with Crippen molar-refractivity contribution in [3.8, 4) is 0 Å². The standard InChI is InChI=1S/C21H19FN4O3S2/c1-12(10-29-2)26-19(28)14-5-3-4-6-15(14)24-21(26)30-11-18(27)25-20-23-16-8-7-13(22)9-17(16)31-20/h3-9,12H,10-11H2,1-2H3,(H,23,25,27)/t12-/m1/s1. The fraction of sp³-hybridized carbons (Fsp3) is 0.238. The summed E-state index contributed by atoms with van der Waals surface area (Å²) < 4.78 is 20.8. The molecule has 10 heteroatoms. The minimum Gasteiger partial charge on any atom is -0.383 e. The first-order chi connectivity index (χ1) is 15.0. The number of methoxy groups -OCH3 is 1. The van der Waals surface area contributed by atoms with Gasteiger partial charge in [0.1, 0.15) is 5.82 Å². The molecule has 0 fully saturated rings. The van der Waals surface area contributed by atoms with Crippen LogP contribution in [0.5, 0.6) is 0 Å². The van der Waals surface area contributed by atoms with Crippen molar-refractivity contribution in [2.24, 2.45) is 0 Å². The van der Waals surface area contributed by atoms with E-state index < -0.39 is 0 Å². The van der Waals surface area contributed by atoms with Gasteiger partial charge >= 0.3 is 0 Å². The first-order valence-electron chi connectivity index (χ1n) is 9.45. The molecule has 0 saturated heterocycles. The van der Waals surface area contributed by atoms with Crippen LogP contribution >= 0.6 is 23.1 Å². The van der Waals surface area contributed by atoms with Crippen molar-refractivity contribution in [1.82, 2.24) is 14.5 Å². The molecule has 2 heterocycles. The van der Waals surface area contributed by atoms with Gasteiger partial charge in [0, 0.05) is 7.11 Å². The third-order valence-corrected chi connectivity index (χ3v) is 6.44. The first kappa shape index (κ1) is 21.4. The Hall–Kier alpha value is -2.82. The van der Waals surface area contributed by atoms with Gasteiger partial charge in [0.25, 0.3) is 5.56 Å². The lowest BCUT2D eigenvalue weighted by Crippen LogP contribution is -2.29. The molecule has 2 aromatic heterocycles. The second-order valence-corrected chi connectivity index (χ2v) is 8.83. The number of rotatable bonds is 7. The van der Waals surface area contributed by atoms with Gasteiger partial charge < -0.3 is 10.1 Å². The molecule has 0 radical (unpaired) electrons. The van der Waals surface area contributed by atoms with Crippen LogP contribution in [0.1, 0.15) is 13.0 Å². The second kappa shape index (κ2) is 9.13. The van der Waals surface area contributed by atoms with Crippen molar-refractivity contribution in [3.63, 3.8) is 0 Å². The molecule has 0 aliphatic rings. The smallest absolute Gasteiger partial charge is 0.262 e. The number of anilines is 1. The van der Waals surface area contributed by atoms with Crippen molar-refractivity contribution in [2.45, 2.75) is 18.1 Å². The van der Waals surface area contributed by atoms with Gasteiger partial charge in [-0.2, -0.15) is 0 Å². The topological polar surface area (TPSA) is 86.1 Å². The van der Waals surface area contributed by atoms with Crippen LogP contribution in [0.25, 0.3) is 21.1 Å². The van der Waals surface area contributed by atoms with Crippen LogP contribution in [0.4, 0.5) is 9.52 Å². The molecule has 0 saturated carbocycles. The largest absolute Gasteiger partial charge is 0.383 e. The molecule has 1 N–H and O–H groups in total. The number of nitrogens with zero attached hydrogens (tertiary/aromatic N) is 3. The molecule has 2 aromatic carbocycles. The number of carbonyl (C=O) groups is 1. The van der Waals surface area contributed by atoms with Gasteiger partial charge in [-0.05, 0) is 37.3 Å². The number of thiazole rings is 1. The van der Waals surface area contributed by atoms with Crippen molar-refractivity contribution >= 4 is 55.3 Å². The summed E-state index contributed by atoms with van der Waals surface area (Å²) in [5.41, 5.74) is 1.02. The number of carbonyl (C=O) groups excluding carboxylic acids is 1. The summed E-state index contributed by atoms with van der Waals surface area (Å²) in [5.74, 6) is -0.609. The minimum absolute atomic E-state index is 0.0365. The van der Waals surface area contributed by atoms with Crippen molar-refractivity contribution in [2.75, 3.05) is 24.8 Å². The number of hydrogen-bond acceptors (Lipinski definition) is 7. The van der Waals surface area contributed by atoms with Crippen LogP contribution in [0, 0.1) is 5.82 Å². The molecule has 4 rings (SSSR count). The maximum Gasteiger partial charge on any atom is 0.262 e. The van der Waals surface area contributed by atoms with Gasteiger partial charge in [-0.1, -0.05) is 35.2 Å².